The molecule has 0 amide bonds. The third kappa shape index (κ3) is 4.84. The van der Waals surface area contributed by atoms with E-state index in [1.807, 2.05) is 22.7 Å². The van der Waals surface area contributed by atoms with Crippen LogP contribution in [-0.4, -0.2) is 11.4 Å². The zero-order valence-corrected chi connectivity index (χ0v) is 39.9. The normalized spacial score (nSPS) is 16.2. The van der Waals surface area contributed by atoms with Gasteiger partial charge in [0.05, 0.1) is 11.0 Å². The summed E-state index contributed by atoms with van der Waals surface area (Å²) >= 11 is 3.82. The van der Waals surface area contributed by atoms with E-state index in [0.29, 0.717) is 0 Å². The van der Waals surface area contributed by atoms with Crippen LogP contribution in [0.4, 0.5) is 11.4 Å². The zero-order chi connectivity index (χ0) is 44.3. The summed E-state index contributed by atoms with van der Waals surface area (Å²) in [5.41, 5.74) is 17.9. The van der Waals surface area contributed by atoms with Crippen LogP contribution >= 0.6 is 22.7 Å². The third-order valence-electron chi connectivity index (χ3n) is 16.2. The monoisotopic (exact) mass is 886 g/mol. The van der Waals surface area contributed by atoms with Crippen molar-refractivity contribution in [3.05, 3.63) is 150 Å². The van der Waals surface area contributed by atoms with E-state index in [9.17, 15) is 0 Å². The number of anilines is 2. The predicted molar refractivity (Wildman–Crippen MR) is 287 cm³/mol. The van der Waals surface area contributed by atoms with Gasteiger partial charge in [0.15, 0.2) is 0 Å². The first kappa shape index (κ1) is 37.8. The van der Waals surface area contributed by atoms with Crippen molar-refractivity contribution in [2.45, 2.75) is 77.6 Å². The molecule has 12 aromatic rings. The minimum atomic E-state index is -0.0933. The van der Waals surface area contributed by atoms with Crippen molar-refractivity contribution in [2.24, 2.45) is 0 Å². The molecular formula is C60H47BN2OS2. The van der Waals surface area contributed by atoms with Crippen LogP contribution in [0.5, 0.6) is 0 Å². The van der Waals surface area contributed by atoms with Gasteiger partial charge in [-0.05, 0) is 123 Å². The molecule has 1 aliphatic carbocycles. The van der Waals surface area contributed by atoms with Crippen LogP contribution in [-0.2, 0) is 16.2 Å². The first-order valence-electron chi connectivity index (χ1n) is 23.6. The van der Waals surface area contributed by atoms with Gasteiger partial charge in [0.1, 0.15) is 11.2 Å². The number of thiophene rings is 2. The average Bonchev–Trinajstić information content (AvgIpc) is 4.05. The second-order valence-electron chi connectivity index (χ2n) is 21.9. The maximum Gasteiger partial charge on any atom is 0.333 e. The number of nitrogens with zero attached hydrogens (tertiary/aromatic N) is 2. The zero-order valence-electron chi connectivity index (χ0n) is 38.3. The first-order valence-corrected chi connectivity index (χ1v) is 25.3. The molecule has 0 N–H and O–H groups in total. The van der Waals surface area contributed by atoms with E-state index in [2.05, 4.69) is 191 Å². The Hall–Kier alpha value is -6.34. The van der Waals surface area contributed by atoms with Crippen molar-refractivity contribution in [1.29, 1.82) is 0 Å². The fourth-order valence-corrected chi connectivity index (χ4v) is 14.8. The molecular weight excluding hydrogens is 840 g/mol. The molecule has 0 atom stereocenters. The van der Waals surface area contributed by atoms with Gasteiger partial charge in [-0.2, -0.15) is 0 Å². The quantitative estimate of drug-likeness (QED) is 0.153. The summed E-state index contributed by atoms with van der Waals surface area (Å²) in [6, 6.07) is 52.0. The Bertz CT molecular complexity index is 4170. The van der Waals surface area contributed by atoms with Gasteiger partial charge in [0.25, 0.3) is 0 Å². The van der Waals surface area contributed by atoms with Crippen molar-refractivity contribution < 1.29 is 4.42 Å². The van der Waals surface area contributed by atoms with E-state index >= 15 is 0 Å². The molecule has 3 aliphatic rings. The number of furan rings is 1. The molecule has 15 rings (SSSR count). The van der Waals surface area contributed by atoms with Crippen LogP contribution < -0.4 is 15.7 Å². The van der Waals surface area contributed by atoms with Crippen LogP contribution in [0.15, 0.2) is 138 Å². The molecule has 0 saturated carbocycles. The number of aromatic nitrogens is 1. The molecule has 0 bridgehead atoms. The van der Waals surface area contributed by atoms with Gasteiger partial charge in [-0.3, -0.25) is 0 Å². The molecule has 318 valence electrons. The van der Waals surface area contributed by atoms with Crippen LogP contribution in [0.25, 0.3) is 101 Å². The van der Waals surface area contributed by atoms with Crippen LogP contribution in [0, 0.1) is 0 Å². The highest BCUT2D eigenvalue weighted by Gasteiger charge is 2.45. The summed E-state index contributed by atoms with van der Waals surface area (Å²) in [5, 5.41) is 10.3. The Balaban J connectivity index is 1.10. The Morgan fingerprint density at radius 3 is 1.88 bits per heavy atom. The smallest absolute Gasteiger partial charge is 0.333 e. The molecule has 0 unspecified atom stereocenters. The summed E-state index contributed by atoms with van der Waals surface area (Å²) in [6.45, 7) is 16.5. The lowest BCUT2D eigenvalue weighted by atomic mass is 9.44. The first-order chi connectivity index (χ1) is 31.8. The predicted octanol–water partition coefficient (Wildman–Crippen LogP) is 16.3. The van der Waals surface area contributed by atoms with Crippen LogP contribution in [0.2, 0.25) is 0 Å². The lowest BCUT2D eigenvalue weighted by Gasteiger charge is -2.42. The highest BCUT2D eigenvalue weighted by molar-refractivity contribution is 7.26. The average molecular weight is 887 g/mol. The summed E-state index contributed by atoms with van der Waals surface area (Å²) in [4.78, 5) is 2.67. The fraction of sp³-hybridized carbons (Fsp3) is 0.200. The Kier molecular flexibility index (Phi) is 7.08. The van der Waals surface area contributed by atoms with E-state index in [1.54, 1.807) is 0 Å². The number of benzene rings is 8. The van der Waals surface area contributed by atoms with E-state index in [1.165, 1.54) is 142 Å². The largest absolute Gasteiger partial charge is 0.456 e. The topological polar surface area (TPSA) is 21.3 Å². The van der Waals surface area contributed by atoms with Crippen molar-refractivity contribution >= 4 is 136 Å². The number of rotatable bonds is 1. The van der Waals surface area contributed by atoms with Gasteiger partial charge in [-0.15, -0.1) is 22.7 Å². The van der Waals surface area contributed by atoms with Gasteiger partial charge in [0.2, 0.25) is 0 Å². The van der Waals surface area contributed by atoms with Gasteiger partial charge in [-0.25, -0.2) is 0 Å². The maximum atomic E-state index is 7.07. The van der Waals surface area contributed by atoms with Crippen molar-refractivity contribution in [2.75, 3.05) is 4.81 Å². The van der Waals surface area contributed by atoms with Gasteiger partial charge >= 0.3 is 6.85 Å². The van der Waals surface area contributed by atoms with E-state index in [-0.39, 0.29) is 23.1 Å². The van der Waals surface area contributed by atoms with E-state index < -0.39 is 0 Å². The van der Waals surface area contributed by atoms with Gasteiger partial charge in [-0.1, -0.05) is 115 Å². The second-order valence-corrected chi connectivity index (χ2v) is 24.1. The Morgan fingerprint density at radius 2 is 1.17 bits per heavy atom. The molecule has 0 saturated heterocycles. The standard InChI is InChI=1S/C60H47BN2OS2/c1-58(2,3)32-16-18-33(19-17-32)63-48-30-51-40(41-25-44-45(29-50(41)64-51)60(6,7)23-22-59(44,4)5)24-38(48)36-20-21-37-39-28-54-43(35-13-9-11-15-53(35)65-54)27-47(39)62-49-31-55-42(34-12-8-10-14-52(34)66-55)26-46(49)61(63)56(36)57(37)62/h8-21,24-31H,22-23H2,1-7H3. The lowest BCUT2D eigenvalue weighted by molar-refractivity contribution is 0.332. The van der Waals surface area contributed by atoms with Crippen molar-refractivity contribution in [1.82, 2.24) is 4.57 Å². The van der Waals surface area contributed by atoms with Crippen molar-refractivity contribution in [3.63, 3.8) is 0 Å². The van der Waals surface area contributed by atoms with E-state index in [4.69, 9.17) is 4.42 Å². The lowest BCUT2D eigenvalue weighted by Crippen LogP contribution is -2.60. The Labute approximate surface area is 392 Å². The number of hydrogen-bond acceptors (Lipinski definition) is 4. The molecule has 0 spiro atoms. The summed E-state index contributed by atoms with van der Waals surface area (Å²) < 4.78 is 15.0. The summed E-state index contributed by atoms with van der Waals surface area (Å²) in [5.74, 6) is 0. The molecule has 66 heavy (non-hydrogen) atoms. The SMILES string of the molecule is CC(C)(C)c1ccc(N2B3c4cc5c(cc4-n4c6cc7c(cc6c6ccc(c3c64)-c3cc4c(cc32)oc2cc3c(cc24)C(C)(C)CCC3(C)C)sc2ccccc27)sc2ccccc25)cc1. The molecule has 6 heteroatoms. The van der Waals surface area contributed by atoms with E-state index in [0.717, 1.165) is 11.2 Å². The van der Waals surface area contributed by atoms with Gasteiger partial charge in [0, 0.05) is 90.6 Å². The number of fused-ring (bicyclic) bond motifs is 18. The van der Waals surface area contributed by atoms with Crippen molar-refractivity contribution in [3.8, 4) is 16.8 Å². The highest BCUT2D eigenvalue weighted by Crippen LogP contribution is 2.52. The van der Waals surface area contributed by atoms with Crippen LogP contribution in [0.3, 0.4) is 0 Å². The van der Waals surface area contributed by atoms with Crippen LogP contribution in [0.1, 0.15) is 78.0 Å². The highest BCUT2D eigenvalue weighted by atomic mass is 32.1. The molecule has 3 nitrogen and oxygen atoms in total. The van der Waals surface area contributed by atoms with Gasteiger partial charge < -0.3 is 13.8 Å². The molecule has 4 aromatic heterocycles. The molecule has 6 heterocycles. The minimum Gasteiger partial charge on any atom is -0.456 e. The maximum absolute atomic E-state index is 7.07. The summed E-state index contributed by atoms with van der Waals surface area (Å²) in [6.07, 6.45) is 2.34. The summed E-state index contributed by atoms with van der Waals surface area (Å²) in [7, 11) is 0. The molecule has 0 radical (unpaired) electrons. The number of hydrogen-bond donors (Lipinski definition) is 0. The fourth-order valence-electron chi connectivity index (χ4n) is 12.6. The Morgan fingerprint density at radius 1 is 0.530 bits per heavy atom. The minimum absolute atomic E-state index is 0.0307. The molecule has 0 fully saturated rings. The molecule has 8 aromatic carbocycles. The molecule has 2 aliphatic heterocycles. The second kappa shape index (κ2) is 12.4. The third-order valence-corrected chi connectivity index (χ3v) is 18.4.